The third-order valence-electron chi connectivity index (χ3n) is 5.15. The van der Waals surface area contributed by atoms with Crippen molar-refractivity contribution >= 4 is 55.5 Å². The third-order valence-corrected chi connectivity index (χ3v) is 7.74. The lowest BCUT2D eigenvalue weighted by Crippen LogP contribution is -2.09. The maximum atomic E-state index is 13.0. The molecule has 0 atom stereocenters. The van der Waals surface area contributed by atoms with Crippen LogP contribution < -0.4 is 5.32 Å². The van der Waals surface area contributed by atoms with Crippen LogP contribution in [-0.4, -0.2) is 30.2 Å². The van der Waals surface area contributed by atoms with Gasteiger partial charge in [-0.2, -0.15) is 5.10 Å². The van der Waals surface area contributed by atoms with Crippen LogP contribution in [0.2, 0.25) is 5.02 Å². The second-order valence-electron chi connectivity index (χ2n) is 7.41. The number of amides is 1. The predicted molar refractivity (Wildman–Crippen MR) is 130 cm³/mol. The molecule has 1 amide bonds. The molecule has 0 saturated carbocycles. The Morgan fingerprint density at radius 1 is 1.19 bits per heavy atom. The molecule has 0 unspecified atom stereocenters. The van der Waals surface area contributed by atoms with E-state index in [4.69, 9.17) is 11.6 Å². The summed E-state index contributed by atoms with van der Waals surface area (Å²) in [5, 5.41) is 9.80. The lowest BCUT2D eigenvalue weighted by Gasteiger charge is -2.05. The highest BCUT2D eigenvalue weighted by Gasteiger charge is 2.19. The van der Waals surface area contributed by atoms with Crippen molar-refractivity contribution in [2.75, 3.05) is 5.32 Å². The van der Waals surface area contributed by atoms with E-state index in [1.54, 1.807) is 6.20 Å². The Kier molecular flexibility index (Phi) is 5.32. The number of halogens is 1. The molecule has 32 heavy (non-hydrogen) atoms. The maximum Gasteiger partial charge on any atom is 0.267 e. The number of rotatable bonds is 5. The number of fused-ring (bicyclic) bond motifs is 1. The number of hydrogen-bond donors (Lipinski definition) is 1. The Bertz CT molecular complexity index is 1460. The number of imidazole rings is 1. The van der Waals surface area contributed by atoms with E-state index in [2.05, 4.69) is 20.4 Å². The highest BCUT2D eigenvalue weighted by atomic mass is 35.5. The number of hydrogen-bond acceptors (Lipinski definition) is 6. The zero-order valence-electron chi connectivity index (χ0n) is 17.6. The van der Waals surface area contributed by atoms with Gasteiger partial charge in [0.25, 0.3) is 5.91 Å². The molecule has 0 aliphatic carbocycles. The van der Waals surface area contributed by atoms with E-state index in [9.17, 15) is 4.79 Å². The van der Waals surface area contributed by atoms with Crippen LogP contribution in [0, 0.1) is 13.8 Å². The average molecular weight is 483 g/mol. The van der Waals surface area contributed by atoms with Crippen molar-refractivity contribution in [3.05, 3.63) is 69.6 Å². The molecule has 5 aromatic rings. The normalized spacial score (nSPS) is 11.4. The molecule has 0 spiro atoms. The molecular formula is C22H19ClN6OS2. The molecule has 0 bridgehead atoms. The van der Waals surface area contributed by atoms with Crippen molar-refractivity contribution in [1.29, 1.82) is 0 Å². The zero-order chi connectivity index (χ0) is 22.4. The van der Waals surface area contributed by atoms with Crippen LogP contribution in [0.15, 0.2) is 42.7 Å². The number of aryl methyl sites for hydroxylation is 3. The van der Waals surface area contributed by atoms with Gasteiger partial charge in [0.05, 0.1) is 27.7 Å². The molecule has 1 N–H and O–H groups in total. The van der Waals surface area contributed by atoms with Gasteiger partial charge >= 0.3 is 0 Å². The summed E-state index contributed by atoms with van der Waals surface area (Å²) in [7, 11) is 1.94. The van der Waals surface area contributed by atoms with Gasteiger partial charge in [-0.05, 0) is 31.5 Å². The molecule has 1 aromatic carbocycles. The van der Waals surface area contributed by atoms with Crippen LogP contribution in [0.1, 0.15) is 26.6 Å². The van der Waals surface area contributed by atoms with Crippen LogP contribution in [0.4, 0.5) is 5.13 Å². The molecule has 5 rings (SSSR count). The van der Waals surface area contributed by atoms with Gasteiger partial charge in [-0.25, -0.2) is 9.97 Å². The van der Waals surface area contributed by atoms with E-state index in [1.807, 2.05) is 66.7 Å². The second-order valence-corrected chi connectivity index (χ2v) is 9.85. The molecule has 7 nitrogen and oxygen atoms in total. The highest BCUT2D eigenvalue weighted by molar-refractivity contribution is 7.21. The number of thiophene rings is 1. The Morgan fingerprint density at radius 3 is 2.75 bits per heavy atom. The molecule has 4 heterocycles. The summed E-state index contributed by atoms with van der Waals surface area (Å²) >= 11 is 9.16. The summed E-state index contributed by atoms with van der Waals surface area (Å²) in [6.07, 6.45) is 3.64. The second kappa shape index (κ2) is 8.16. The zero-order valence-corrected chi connectivity index (χ0v) is 20.0. The van der Waals surface area contributed by atoms with Crippen molar-refractivity contribution < 1.29 is 4.79 Å². The van der Waals surface area contributed by atoms with E-state index in [-0.39, 0.29) is 5.91 Å². The molecule has 162 valence electrons. The van der Waals surface area contributed by atoms with Crippen molar-refractivity contribution in [3.63, 3.8) is 0 Å². The smallest absolute Gasteiger partial charge is 0.267 e. The SMILES string of the molecule is Cc1nc(NC(=O)c2cc3c(C)nn(Cc4ccccc4Cl)c3s2)sc1-c1nccn1C. The minimum atomic E-state index is -0.185. The van der Waals surface area contributed by atoms with Crippen molar-refractivity contribution in [1.82, 2.24) is 24.3 Å². The number of aromatic nitrogens is 5. The van der Waals surface area contributed by atoms with Crippen LogP contribution in [-0.2, 0) is 13.6 Å². The van der Waals surface area contributed by atoms with Gasteiger partial charge < -0.3 is 4.57 Å². The van der Waals surface area contributed by atoms with E-state index in [1.165, 1.54) is 22.7 Å². The number of benzene rings is 1. The van der Waals surface area contributed by atoms with Gasteiger partial charge in [-0.1, -0.05) is 41.1 Å². The fourth-order valence-corrected chi connectivity index (χ4v) is 5.77. The van der Waals surface area contributed by atoms with E-state index in [0.717, 1.165) is 37.9 Å². The Labute approximate surface area is 197 Å². The van der Waals surface area contributed by atoms with E-state index in [0.29, 0.717) is 21.6 Å². The van der Waals surface area contributed by atoms with Crippen molar-refractivity contribution in [2.24, 2.45) is 7.05 Å². The highest BCUT2D eigenvalue weighted by Crippen LogP contribution is 2.33. The minimum Gasteiger partial charge on any atom is -0.333 e. The molecule has 4 aromatic heterocycles. The largest absolute Gasteiger partial charge is 0.333 e. The summed E-state index contributed by atoms with van der Waals surface area (Å²) < 4.78 is 3.84. The topological polar surface area (TPSA) is 77.6 Å². The van der Waals surface area contributed by atoms with Crippen molar-refractivity contribution in [2.45, 2.75) is 20.4 Å². The van der Waals surface area contributed by atoms with Gasteiger partial charge in [0.2, 0.25) is 0 Å². The monoisotopic (exact) mass is 482 g/mol. The van der Waals surface area contributed by atoms with Crippen LogP contribution >= 0.6 is 34.3 Å². The first-order chi connectivity index (χ1) is 15.4. The third kappa shape index (κ3) is 3.72. The number of carbonyl (C=O) groups excluding carboxylic acids is 1. The number of carbonyl (C=O) groups is 1. The Morgan fingerprint density at radius 2 is 2.00 bits per heavy atom. The van der Waals surface area contributed by atoms with Gasteiger partial charge in [0.15, 0.2) is 11.0 Å². The summed E-state index contributed by atoms with van der Waals surface area (Å²) in [6.45, 7) is 4.41. The van der Waals surface area contributed by atoms with Crippen LogP contribution in [0.3, 0.4) is 0 Å². The van der Waals surface area contributed by atoms with Gasteiger partial charge in [-0.15, -0.1) is 11.3 Å². The number of thiazole rings is 1. The summed E-state index contributed by atoms with van der Waals surface area (Å²) in [6, 6.07) is 9.60. The minimum absolute atomic E-state index is 0.185. The molecule has 10 heteroatoms. The van der Waals surface area contributed by atoms with E-state index >= 15 is 0 Å². The van der Waals surface area contributed by atoms with Gasteiger partial charge in [0.1, 0.15) is 4.83 Å². The fraction of sp³-hybridized carbons (Fsp3) is 0.182. The quantitative estimate of drug-likeness (QED) is 0.357. The number of nitrogens with one attached hydrogen (secondary N) is 1. The first kappa shape index (κ1) is 20.9. The van der Waals surface area contributed by atoms with Crippen molar-refractivity contribution in [3.8, 4) is 10.7 Å². The summed E-state index contributed by atoms with van der Waals surface area (Å²) in [4.78, 5) is 24.4. The lowest BCUT2D eigenvalue weighted by atomic mass is 10.2. The molecule has 0 aliphatic heterocycles. The van der Waals surface area contributed by atoms with Gasteiger partial charge in [-0.3, -0.25) is 14.8 Å². The average Bonchev–Trinajstić information content (AvgIpc) is 3.51. The summed E-state index contributed by atoms with van der Waals surface area (Å²) in [5.74, 6) is 0.646. The van der Waals surface area contributed by atoms with E-state index < -0.39 is 0 Å². The lowest BCUT2D eigenvalue weighted by molar-refractivity contribution is 0.103. The Balaban J connectivity index is 1.41. The first-order valence-electron chi connectivity index (χ1n) is 9.87. The standard InChI is InChI=1S/C22H19ClN6OS2/c1-12-15-10-17(31-21(15)29(27-12)11-14-6-4-5-7-16(14)23)20(30)26-22-25-13(2)18(32-22)19-24-8-9-28(19)3/h4-10H,11H2,1-3H3,(H,25,26,30). The molecular weight excluding hydrogens is 464 g/mol. The summed E-state index contributed by atoms with van der Waals surface area (Å²) in [5.41, 5.74) is 2.70. The molecule has 0 saturated heterocycles. The first-order valence-corrected chi connectivity index (χ1v) is 11.9. The van der Waals surface area contributed by atoms with Crippen LogP contribution in [0.25, 0.3) is 20.9 Å². The van der Waals surface area contributed by atoms with Crippen LogP contribution in [0.5, 0.6) is 0 Å². The molecule has 0 aliphatic rings. The molecule has 0 fully saturated rings. The number of anilines is 1. The Hall–Kier alpha value is -3.01. The predicted octanol–water partition coefficient (Wildman–Crippen LogP) is 5.53. The van der Waals surface area contributed by atoms with Gasteiger partial charge in [0, 0.05) is 29.9 Å². The maximum absolute atomic E-state index is 13.0. The number of nitrogens with zero attached hydrogens (tertiary/aromatic N) is 5. The fourth-order valence-electron chi connectivity index (χ4n) is 3.52. The molecule has 0 radical (unpaired) electrons.